The summed E-state index contributed by atoms with van der Waals surface area (Å²) < 4.78 is 110. The highest BCUT2D eigenvalue weighted by Gasteiger charge is 2.77. The molecule has 4 aliphatic rings. The van der Waals surface area contributed by atoms with Crippen molar-refractivity contribution in [2.45, 2.75) is 62.5 Å². The van der Waals surface area contributed by atoms with Crippen molar-refractivity contribution in [3.63, 3.8) is 0 Å². The van der Waals surface area contributed by atoms with E-state index in [2.05, 4.69) is 0 Å². The van der Waals surface area contributed by atoms with Crippen molar-refractivity contribution >= 4 is 15.7 Å². The zero-order valence-corrected chi connectivity index (χ0v) is 17.8. The molecule has 0 amide bonds. The number of benzene rings is 1. The van der Waals surface area contributed by atoms with Crippen molar-refractivity contribution in [2.75, 3.05) is 10.8 Å². The van der Waals surface area contributed by atoms with E-state index in [0.717, 1.165) is 19.3 Å². The van der Waals surface area contributed by atoms with Gasteiger partial charge in [-0.25, -0.2) is 0 Å². The summed E-state index contributed by atoms with van der Waals surface area (Å²) in [6, 6.07) is 6.74. The number of halogens is 6. The van der Waals surface area contributed by atoms with Crippen molar-refractivity contribution in [3.8, 4) is 0 Å². The van der Waals surface area contributed by atoms with Crippen LogP contribution in [0.3, 0.4) is 0 Å². The van der Waals surface area contributed by atoms with E-state index in [9.17, 15) is 34.8 Å². The van der Waals surface area contributed by atoms with Crippen LogP contribution in [-0.2, 0) is 10.0 Å². The molecule has 0 heterocycles. The quantitative estimate of drug-likeness (QED) is 0.465. The van der Waals surface area contributed by atoms with Crippen LogP contribution in [0.5, 0.6) is 0 Å². The lowest BCUT2D eigenvalue weighted by Gasteiger charge is -2.57. The van der Waals surface area contributed by atoms with E-state index in [-0.39, 0.29) is 9.99 Å². The van der Waals surface area contributed by atoms with Crippen LogP contribution >= 0.6 is 0 Å². The number of hydrogen-bond donors (Lipinski definition) is 0. The minimum Gasteiger partial charge on any atom is -0.264 e. The van der Waals surface area contributed by atoms with E-state index >= 15 is 0 Å². The monoisotopic (exact) mass is 469 g/mol. The average Bonchev–Trinajstić information content (AvgIpc) is 2.64. The van der Waals surface area contributed by atoms with Crippen molar-refractivity contribution in [1.82, 2.24) is 0 Å². The van der Waals surface area contributed by atoms with Gasteiger partial charge in [-0.1, -0.05) is 18.2 Å². The predicted molar refractivity (Wildman–Crippen MR) is 104 cm³/mol. The summed E-state index contributed by atoms with van der Waals surface area (Å²) in [5.74, 6) is -10.2. The maximum absolute atomic E-state index is 14.7. The zero-order valence-electron chi connectivity index (χ0n) is 17.0. The fraction of sp³-hybridized carbons (Fsp3) is 0.714. The molecule has 0 N–H and O–H groups in total. The largest absolute Gasteiger partial charge is 0.431 e. The summed E-state index contributed by atoms with van der Waals surface area (Å²) in [5, 5.41) is -5.99. The van der Waals surface area contributed by atoms with Crippen molar-refractivity contribution in [1.29, 1.82) is 0 Å². The Morgan fingerprint density at radius 3 is 1.77 bits per heavy atom. The summed E-state index contributed by atoms with van der Waals surface area (Å²) in [4.78, 5) is 0. The number of alkyl halides is 6. The summed E-state index contributed by atoms with van der Waals surface area (Å²) in [7, 11) is -6.17. The lowest BCUT2D eigenvalue weighted by Crippen LogP contribution is -2.62. The topological polar surface area (TPSA) is 37.4 Å². The van der Waals surface area contributed by atoms with Crippen molar-refractivity contribution in [3.05, 3.63) is 30.3 Å². The van der Waals surface area contributed by atoms with Gasteiger partial charge in [0.2, 0.25) is 0 Å². The van der Waals surface area contributed by atoms with Gasteiger partial charge in [-0.2, -0.15) is 34.8 Å². The molecule has 0 radical (unpaired) electrons. The molecule has 0 aliphatic heterocycles. The van der Waals surface area contributed by atoms with Gasteiger partial charge >= 0.3 is 27.1 Å². The highest BCUT2D eigenvalue weighted by molar-refractivity contribution is 7.93. The van der Waals surface area contributed by atoms with E-state index in [4.69, 9.17) is 0 Å². The lowest BCUT2D eigenvalue weighted by molar-refractivity contribution is -0.271. The van der Waals surface area contributed by atoms with E-state index < -0.39 is 46.0 Å². The minimum absolute atomic E-state index is 0.229. The maximum atomic E-state index is 14.7. The van der Waals surface area contributed by atoms with Crippen LogP contribution in [0.25, 0.3) is 0 Å². The van der Waals surface area contributed by atoms with Gasteiger partial charge in [0.25, 0.3) is 0 Å². The van der Waals surface area contributed by atoms with Crippen LogP contribution < -0.4 is 4.31 Å². The molecule has 1 aromatic rings. The second kappa shape index (κ2) is 7.02. The SMILES string of the molecule is CC(F)(F)C(F)(F)C(F)(F)S(=O)(=O)N(CC12CC3CC(CC(C3)C1)C2)c1ccccc1. The molecule has 4 aliphatic carbocycles. The predicted octanol–water partition coefficient (Wildman–Crippen LogP) is 5.92. The molecule has 31 heavy (non-hydrogen) atoms. The summed E-state index contributed by atoms with van der Waals surface area (Å²) in [5.41, 5.74) is -0.842. The van der Waals surface area contributed by atoms with E-state index in [0.29, 0.717) is 37.0 Å². The van der Waals surface area contributed by atoms with Crippen molar-refractivity contribution < 1.29 is 34.8 Å². The highest BCUT2D eigenvalue weighted by Crippen LogP contribution is 2.61. The minimum atomic E-state index is -6.17. The number of sulfonamides is 1. The molecule has 0 unspecified atom stereocenters. The van der Waals surface area contributed by atoms with Crippen LogP contribution in [0.4, 0.5) is 32.0 Å². The Morgan fingerprint density at radius 1 is 0.903 bits per heavy atom. The fourth-order valence-corrected chi connectivity index (χ4v) is 7.88. The van der Waals surface area contributed by atoms with Crippen LogP contribution in [0, 0.1) is 23.2 Å². The Morgan fingerprint density at radius 2 is 1.35 bits per heavy atom. The summed E-state index contributed by atoms with van der Waals surface area (Å²) in [6.45, 7) is -0.813. The van der Waals surface area contributed by atoms with Crippen LogP contribution in [0.1, 0.15) is 45.4 Å². The van der Waals surface area contributed by atoms with Crippen LogP contribution in [0.15, 0.2) is 30.3 Å². The average molecular weight is 469 g/mol. The molecule has 0 saturated heterocycles. The molecule has 174 valence electrons. The molecule has 0 spiro atoms. The summed E-state index contributed by atoms with van der Waals surface area (Å²) >= 11 is 0. The van der Waals surface area contributed by atoms with Gasteiger partial charge in [-0.3, -0.25) is 4.31 Å². The number of nitrogens with zero attached hydrogens (tertiary/aromatic N) is 1. The molecule has 10 heteroatoms. The molecule has 1 aromatic carbocycles. The first kappa shape index (κ1) is 22.7. The van der Waals surface area contributed by atoms with Crippen LogP contribution in [-0.4, -0.2) is 32.1 Å². The van der Waals surface area contributed by atoms with E-state index in [1.807, 2.05) is 0 Å². The van der Waals surface area contributed by atoms with E-state index in [1.165, 1.54) is 30.3 Å². The van der Waals surface area contributed by atoms with Gasteiger partial charge in [-0.05, 0) is 73.8 Å². The normalized spacial score (nSPS) is 31.1. The maximum Gasteiger partial charge on any atom is 0.431 e. The molecule has 0 atom stereocenters. The molecule has 0 aromatic heterocycles. The summed E-state index contributed by atoms with van der Waals surface area (Å²) in [6.07, 6.45) is 4.91. The number of para-hydroxylation sites is 1. The smallest absolute Gasteiger partial charge is 0.264 e. The molecule has 4 fully saturated rings. The third-order valence-corrected chi connectivity index (χ3v) is 9.04. The Hall–Kier alpha value is -1.45. The standard InChI is InChI=1S/C21H25F6NO2S/c1-18(22,23)20(24,25)21(26,27)31(29,30)28(17-5-3-2-4-6-17)13-19-10-14-7-15(11-19)9-16(8-14)12-19/h2-6,14-16H,7-13H2,1H3. The van der Waals surface area contributed by atoms with Gasteiger partial charge in [0.05, 0.1) is 5.69 Å². The molecule has 3 nitrogen and oxygen atoms in total. The number of rotatable bonds is 7. The first-order valence-electron chi connectivity index (χ1n) is 10.4. The van der Waals surface area contributed by atoms with Gasteiger partial charge in [0.1, 0.15) is 0 Å². The van der Waals surface area contributed by atoms with Crippen molar-refractivity contribution in [2.24, 2.45) is 23.2 Å². The first-order valence-corrected chi connectivity index (χ1v) is 11.8. The van der Waals surface area contributed by atoms with Gasteiger partial charge in [-0.15, -0.1) is 0 Å². The highest BCUT2D eigenvalue weighted by atomic mass is 32.2. The van der Waals surface area contributed by atoms with Gasteiger partial charge in [0, 0.05) is 13.5 Å². The Balaban J connectivity index is 1.76. The molecular formula is C21H25F6NO2S. The molecule has 4 saturated carbocycles. The van der Waals surface area contributed by atoms with Gasteiger partial charge < -0.3 is 0 Å². The third kappa shape index (κ3) is 3.53. The molecular weight excluding hydrogens is 444 g/mol. The molecule has 5 rings (SSSR count). The lowest BCUT2D eigenvalue weighted by atomic mass is 9.49. The Labute approximate surface area is 177 Å². The van der Waals surface area contributed by atoms with E-state index in [1.54, 1.807) is 0 Å². The first-order chi connectivity index (χ1) is 14.2. The fourth-order valence-electron chi connectivity index (χ4n) is 6.25. The Kier molecular flexibility index (Phi) is 5.15. The third-order valence-electron chi connectivity index (χ3n) is 7.22. The second-order valence-corrected chi connectivity index (χ2v) is 11.6. The number of hydrogen-bond acceptors (Lipinski definition) is 2. The van der Waals surface area contributed by atoms with Crippen LogP contribution in [0.2, 0.25) is 0 Å². The number of anilines is 1. The Bertz CT molecular complexity index is 894. The molecule has 4 bridgehead atoms. The second-order valence-electron chi connectivity index (χ2n) is 9.74. The van der Waals surface area contributed by atoms with Gasteiger partial charge in [0.15, 0.2) is 0 Å². The zero-order chi connectivity index (χ0) is 22.9.